The van der Waals surface area contributed by atoms with Gasteiger partial charge in [0.2, 0.25) is 0 Å². The van der Waals surface area contributed by atoms with Crippen LogP contribution in [0.5, 0.6) is 0 Å². The van der Waals surface area contributed by atoms with Crippen LogP contribution >= 0.6 is 0 Å². The summed E-state index contributed by atoms with van der Waals surface area (Å²) in [5.41, 5.74) is 0.463. The average molecular weight is 238 g/mol. The Labute approximate surface area is 96.1 Å². The Morgan fingerprint density at radius 2 is 1.53 bits per heavy atom. The monoisotopic (exact) mass is 238 g/mol. The molecule has 0 saturated carbocycles. The lowest BCUT2D eigenvalue weighted by atomic mass is 10.0. The quantitative estimate of drug-likeness (QED) is 0.851. The van der Waals surface area contributed by atoms with E-state index in [4.69, 9.17) is 0 Å². The first kappa shape index (κ1) is 11.7. The predicted molar refractivity (Wildman–Crippen MR) is 56.8 cm³/mol. The van der Waals surface area contributed by atoms with Crippen molar-refractivity contribution in [1.29, 1.82) is 0 Å². The maximum Gasteiger partial charge on any atom is 0.159 e. The molecule has 0 spiro atoms. The van der Waals surface area contributed by atoms with E-state index in [9.17, 15) is 18.3 Å². The third-order valence-electron chi connectivity index (χ3n) is 2.42. The highest BCUT2D eigenvalue weighted by Gasteiger charge is 2.13. The molecular weight excluding hydrogens is 229 g/mol. The number of hydrogen-bond acceptors (Lipinski definition) is 1. The molecule has 1 N–H and O–H groups in total. The standard InChI is InChI=1S/C13H9F3O/c14-10-3-1-2-8(6-10)13(17)9-4-5-11(15)12(16)7-9/h1-7,13,17H/t13-/m0/s1. The van der Waals surface area contributed by atoms with Gasteiger partial charge in [-0.05, 0) is 35.4 Å². The van der Waals surface area contributed by atoms with Crippen molar-refractivity contribution in [1.82, 2.24) is 0 Å². The third kappa shape index (κ3) is 2.47. The number of halogens is 3. The molecule has 88 valence electrons. The molecule has 0 fully saturated rings. The van der Waals surface area contributed by atoms with Crippen LogP contribution in [0.25, 0.3) is 0 Å². The summed E-state index contributed by atoms with van der Waals surface area (Å²) in [6.45, 7) is 0. The smallest absolute Gasteiger partial charge is 0.159 e. The third-order valence-corrected chi connectivity index (χ3v) is 2.42. The van der Waals surface area contributed by atoms with Gasteiger partial charge in [0, 0.05) is 0 Å². The molecule has 0 aliphatic heterocycles. The molecule has 0 saturated heterocycles. The molecule has 2 rings (SSSR count). The molecule has 0 aromatic heterocycles. The molecule has 0 radical (unpaired) electrons. The van der Waals surface area contributed by atoms with Gasteiger partial charge in [0.15, 0.2) is 11.6 Å². The van der Waals surface area contributed by atoms with Crippen molar-refractivity contribution < 1.29 is 18.3 Å². The summed E-state index contributed by atoms with van der Waals surface area (Å²) in [5, 5.41) is 9.88. The van der Waals surface area contributed by atoms with Crippen LogP contribution in [0, 0.1) is 17.5 Å². The second kappa shape index (κ2) is 4.59. The normalized spacial score (nSPS) is 12.5. The fraction of sp³-hybridized carbons (Fsp3) is 0.0769. The van der Waals surface area contributed by atoms with Crippen molar-refractivity contribution in [2.45, 2.75) is 6.10 Å². The lowest BCUT2D eigenvalue weighted by Gasteiger charge is -2.11. The van der Waals surface area contributed by atoms with Gasteiger partial charge in [-0.15, -0.1) is 0 Å². The van der Waals surface area contributed by atoms with Crippen LogP contribution in [-0.4, -0.2) is 5.11 Å². The van der Waals surface area contributed by atoms with Gasteiger partial charge in [0.25, 0.3) is 0 Å². The molecule has 1 nitrogen and oxygen atoms in total. The van der Waals surface area contributed by atoms with Gasteiger partial charge in [-0.3, -0.25) is 0 Å². The molecule has 0 aliphatic carbocycles. The van der Waals surface area contributed by atoms with Gasteiger partial charge < -0.3 is 5.11 Å². The highest BCUT2D eigenvalue weighted by molar-refractivity contribution is 5.30. The van der Waals surface area contributed by atoms with Crippen molar-refractivity contribution in [3.8, 4) is 0 Å². The second-order valence-electron chi connectivity index (χ2n) is 3.63. The Morgan fingerprint density at radius 3 is 2.18 bits per heavy atom. The van der Waals surface area contributed by atoms with Gasteiger partial charge >= 0.3 is 0 Å². The summed E-state index contributed by atoms with van der Waals surface area (Å²) in [6.07, 6.45) is -1.18. The Kier molecular flexibility index (Phi) is 3.15. The lowest BCUT2D eigenvalue weighted by molar-refractivity contribution is 0.219. The van der Waals surface area contributed by atoms with Crippen LogP contribution in [0.1, 0.15) is 17.2 Å². The van der Waals surface area contributed by atoms with Crippen LogP contribution < -0.4 is 0 Å². The average Bonchev–Trinajstić information content (AvgIpc) is 2.32. The van der Waals surface area contributed by atoms with Crippen molar-refractivity contribution in [3.05, 3.63) is 71.0 Å². The van der Waals surface area contributed by atoms with Crippen LogP contribution in [0.15, 0.2) is 42.5 Å². The number of aliphatic hydroxyl groups excluding tert-OH is 1. The van der Waals surface area contributed by atoms with Gasteiger partial charge in [-0.25, -0.2) is 13.2 Å². The topological polar surface area (TPSA) is 20.2 Å². The van der Waals surface area contributed by atoms with Crippen LogP contribution in [0.4, 0.5) is 13.2 Å². The first-order chi connectivity index (χ1) is 8.08. The van der Waals surface area contributed by atoms with Crippen LogP contribution in [0.2, 0.25) is 0 Å². The summed E-state index contributed by atoms with van der Waals surface area (Å²) in [7, 11) is 0. The number of hydrogen-bond donors (Lipinski definition) is 1. The van der Waals surface area contributed by atoms with Gasteiger partial charge in [-0.1, -0.05) is 18.2 Å². The summed E-state index contributed by atoms with van der Waals surface area (Å²) in [5.74, 6) is -2.53. The van der Waals surface area contributed by atoms with E-state index >= 15 is 0 Å². The maximum absolute atomic E-state index is 13.0. The van der Waals surface area contributed by atoms with E-state index in [-0.39, 0.29) is 11.1 Å². The van der Waals surface area contributed by atoms with E-state index in [2.05, 4.69) is 0 Å². The number of rotatable bonds is 2. The van der Waals surface area contributed by atoms with Gasteiger partial charge in [0.1, 0.15) is 11.9 Å². The van der Waals surface area contributed by atoms with Crippen molar-refractivity contribution in [3.63, 3.8) is 0 Å². The van der Waals surface area contributed by atoms with E-state index < -0.39 is 23.6 Å². The van der Waals surface area contributed by atoms with Crippen LogP contribution in [-0.2, 0) is 0 Å². The molecule has 2 aromatic rings. The molecule has 0 amide bonds. The first-order valence-electron chi connectivity index (χ1n) is 4.96. The van der Waals surface area contributed by atoms with E-state index in [1.165, 1.54) is 24.3 Å². The largest absolute Gasteiger partial charge is 0.384 e. The Balaban J connectivity index is 2.36. The predicted octanol–water partition coefficient (Wildman–Crippen LogP) is 3.19. The number of aliphatic hydroxyl groups is 1. The molecular formula is C13H9F3O. The zero-order chi connectivity index (χ0) is 12.4. The Morgan fingerprint density at radius 1 is 0.824 bits per heavy atom. The molecule has 0 heterocycles. The zero-order valence-corrected chi connectivity index (χ0v) is 8.70. The minimum Gasteiger partial charge on any atom is -0.384 e. The molecule has 0 aliphatic rings. The molecule has 17 heavy (non-hydrogen) atoms. The molecule has 0 bridgehead atoms. The molecule has 2 aromatic carbocycles. The van der Waals surface area contributed by atoms with Crippen molar-refractivity contribution >= 4 is 0 Å². The van der Waals surface area contributed by atoms with Gasteiger partial charge in [-0.2, -0.15) is 0 Å². The molecule has 1 atom stereocenters. The second-order valence-corrected chi connectivity index (χ2v) is 3.63. The van der Waals surface area contributed by atoms with Crippen LogP contribution in [0.3, 0.4) is 0 Å². The fourth-order valence-corrected chi connectivity index (χ4v) is 1.55. The molecule has 4 heteroatoms. The molecule has 0 unspecified atom stereocenters. The summed E-state index contributed by atoms with van der Waals surface area (Å²) < 4.78 is 38.6. The van der Waals surface area contributed by atoms with E-state index in [0.29, 0.717) is 0 Å². The van der Waals surface area contributed by atoms with E-state index in [1.807, 2.05) is 0 Å². The minimum atomic E-state index is -1.18. The first-order valence-corrected chi connectivity index (χ1v) is 4.96. The maximum atomic E-state index is 13.0. The summed E-state index contributed by atoms with van der Waals surface area (Å²) in [4.78, 5) is 0. The summed E-state index contributed by atoms with van der Waals surface area (Å²) in [6, 6.07) is 8.41. The van der Waals surface area contributed by atoms with E-state index in [0.717, 1.165) is 18.2 Å². The summed E-state index contributed by atoms with van der Waals surface area (Å²) >= 11 is 0. The van der Waals surface area contributed by atoms with Crippen molar-refractivity contribution in [2.75, 3.05) is 0 Å². The van der Waals surface area contributed by atoms with Gasteiger partial charge in [0.05, 0.1) is 0 Å². The number of benzene rings is 2. The highest BCUT2D eigenvalue weighted by atomic mass is 19.2. The Bertz CT molecular complexity index is 540. The zero-order valence-electron chi connectivity index (χ0n) is 8.70. The SMILES string of the molecule is O[C@@H](c1cccc(F)c1)c1ccc(F)c(F)c1. The van der Waals surface area contributed by atoms with E-state index in [1.54, 1.807) is 0 Å². The minimum absolute atomic E-state index is 0.175. The highest BCUT2D eigenvalue weighted by Crippen LogP contribution is 2.23. The Hall–Kier alpha value is -1.81. The van der Waals surface area contributed by atoms with Crippen molar-refractivity contribution in [2.24, 2.45) is 0 Å². The lowest BCUT2D eigenvalue weighted by Crippen LogP contribution is -2.01. The fourth-order valence-electron chi connectivity index (χ4n) is 1.55.